The van der Waals surface area contributed by atoms with E-state index in [1.165, 1.54) is 18.2 Å². The molecule has 0 fully saturated rings. The molecule has 9 nitrogen and oxygen atoms in total. The molecule has 0 unspecified atom stereocenters. The lowest BCUT2D eigenvalue weighted by atomic mass is 10.2. The number of ether oxygens (including phenoxy) is 2. The number of pyridine rings is 1. The number of benzene rings is 2. The van der Waals surface area contributed by atoms with Crippen LogP contribution >= 0.6 is 0 Å². The lowest BCUT2D eigenvalue weighted by Gasteiger charge is -2.13. The molecule has 0 atom stereocenters. The number of rotatable bonds is 8. The first-order valence-electron chi connectivity index (χ1n) is 10.0. The standard InChI is InChI=1S/C24H24N4O5/c1-28(2)22(29)15-33-19-8-4-6-16(12-19)23(30)26-18-9-10-20(21(13-18)32-3)27-24(31)17-7-5-11-25-14-17/h4-14H,15H2,1-3H3,(H,26,30)(H,27,31). The molecule has 3 amide bonds. The number of methoxy groups -OCH3 is 1. The molecule has 2 N–H and O–H groups in total. The van der Waals surface area contributed by atoms with E-state index in [2.05, 4.69) is 15.6 Å². The molecule has 33 heavy (non-hydrogen) atoms. The van der Waals surface area contributed by atoms with Crippen molar-refractivity contribution in [3.63, 3.8) is 0 Å². The summed E-state index contributed by atoms with van der Waals surface area (Å²) in [6.07, 6.45) is 3.05. The first-order valence-corrected chi connectivity index (χ1v) is 10.0. The number of likely N-dealkylation sites (N-methyl/N-ethyl adjacent to an activating group) is 1. The Morgan fingerprint density at radius 3 is 2.39 bits per heavy atom. The van der Waals surface area contributed by atoms with Crippen LogP contribution in [0.15, 0.2) is 67.0 Å². The van der Waals surface area contributed by atoms with Gasteiger partial charge in [-0.15, -0.1) is 0 Å². The van der Waals surface area contributed by atoms with Gasteiger partial charge in [0.25, 0.3) is 17.7 Å². The summed E-state index contributed by atoms with van der Waals surface area (Å²) in [4.78, 5) is 42.1. The van der Waals surface area contributed by atoms with Gasteiger partial charge in [-0.2, -0.15) is 0 Å². The van der Waals surface area contributed by atoms with Crippen LogP contribution in [-0.4, -0.2) is 55.4 Å². The zero-order valence-corrected chi connectivity index (χ0v) is 18.5. The molecular weight excluding hydrogens is 424 g/mol. The third kappa shape index (κ3) is 6.30. The third-order valence-corrected chi connectivity index (χ3v) is 4.59. The number of hydrogen-bond acceptors (Lipinski definition) is 6. The molecule has 0 saturated carbocycles. The number of nitrogens with one attached hydrogen (secondary N) is 2. The van der Waals surface area contributed by atoms with Crippen molar-refractivity contribution < 1.29 is 23.9 Å². The Hall–Kier alpha value is -4.40. The van der Waals surface area contributed by atoms with Gasteiger partial charge in [-0.05, 0) is 42.5 Å². The van der Waals surface area contributed by atoms with Gasteiger partial charge in [0.15, 0.2) is 6.61 Å². The summed E-state index contributed by atoms with van der Waals surface area (Å²) in [5, 5.41) is 5.55. The minimum atomic E-state index is -0.367. The van der Waals surface area contributed by atoms with Crippen LogP contribution < -0.4 is 20.1 Å². The van der Waals surface area contributed by atoms with E-state index in [0.717, 1.165) is 0 Å². The molecule has 2 aromatic carbocycles. The number of carbonyl (C=O) groups excluding carboxylic acids is 3. The van der Waals surface area contributed by atoms with Crippen LogP contribution in [0.2, 0.25) is 0 Å². The van der Waals surface area contributed by atoms with Gasteiger partial charge < -0.3 is 25.0 Å². The number of nitrogens with zero attached hydrogens (tertiary/aromatic N) is 2. The van der Waals surface area contributed by atoms with E-state index in [4.69, 9.17) is 9.47 Å². The Balaban J connectivity index is 1.68. The van der Waals surface area contributed by atoms with Crippen LogP contribution in [0.25, 0.3) is 0 Å². The molecule has 0 radical (unpaired) electrons. The molecule has 0 bridgehead atoms. The second-order valence-electron chi connectivity index (χ2n) is 7.17. The lowest BCUT2D eigenvalue weighted by molar-refractivity contribution is -0.130. The fraction of sp³-hybridized carbons (Fsp3) is 0.167. The van der Waals surface area contributed by atoms with Crippen LogP contribution in [-0.2, 0) is 4.79 Å². The largest absolute Gasteiger partial charge is 0.494 e. The molecule has 0 aliphatic carbocycles. The lowest BCUT2D eigenvalue weighted by Crippen LogP contribution is -2.27. The third-order valence-electron chi connectivity index (χ3n) is 4.59. The molecule has 3 aromatic rings. The van der Waals surface area contributed by atoms with Crippen molar-refractivity contribution in [3.05, 3.63) is 78.1 Å². The van der Waals surface area contributed by atoms with Gasteiger partial charge in [0.1, 0.15) is 11.5 Å². The molecule has 170 valence electrons. The fourth-order valence-corrected chi connectivity index (χ4v) is 2.77. The Labute approximate surface area is 191 Å². The van der Waals surface area contributed by atoms with Gasteiger partial charge in [-0.1, -0.05) is 6.07 Å². The Bertz CT molecular complexity index is 1150. The number of amides is 3. The van der Waals surface area contributed by atoms with Gasteiger partial charge >= 0.3 is 0 Å². The van der Waals surface area contributed by atoms with Crippen LogP contribution in [0.5, 0.6) is 11.5 Å². The van der Waals surface area contributed by atoms with E-state index < -0.39 is 0 Å². The van der Waals surface area contributed by atoms with E-state index in [-0.39, 0.29) is 24.3 Å². The van der Waals surface area contributed by atoms with Crippen LogP contribution in [0.4, 0.5) is 11.4 Å². The molecule has 1 aromatic heterocycles. The second-order valence-corrected chi connectivity index (χ2v) is 7.17. The Morgan fingerprint density at radius 2 is 1.70 bits per heavy atom. The zero-order valence-electron chi connectivity index (χ0n) is 18.5. The van der Waals surface area contributed by atoms with Gasteiger partial charge in [0, 0.05) is 43.8 Å². The highest BCUT2D eigenvalue weighted by molar-refractivity contribution is 6.06. The maximum Gasteiger partial charge on any atom is 0.259 e. The SMILES string of the molecule is COc1cc(NC(=O)c2cccc(OCC(=O)N(C)C)c2)ccc1NC(=O)c1cccnc1. The number of hydrogen-bond donors (Lipinski definition) is 2. The minimum Gasteiger partial charge on any atom is -0.494 e. The topological polar surface area (TPSA) is 110 Å². The van der Waals surface area contributed by atoms with Crippen molar-refractivity contribution in [2.45, 2.75) is 0 Å². The Kier molecular flexibility index (Phi) is 7.59. The number of aromatic nitrogens is 1. The molecule has 0 spiro atoms. The maximum atomic E-state index is 12.7. The molecule has 0 saturated heterocycles. The van der Waals surface area contributed by atoms with E-state index in [1.807, 2.05) is 0 Å². The Morgan fingerprint density at radius 1 is 0.939 bits per heavy atom. The first-order chi connectivity index (χ1) is 15.9. The van der Waals surface area contributed by atoms with Crippen molar-refractivity contribution >= 4 is 29.1 Å². The van der Waals surface area contributed by atoms with Gasteiger partial charge in [0.05, 0.1) is 18.4 Å². The summed E-state index contributed by atoms with van der Waals surface area (Å²) >= 11 is 0. The van der Waals surface area contributed by atoms with Gasteiger partial charge in [-0.25, -0.2) is 0 Å². The smallest absolute Gasteiger partial charge is 0.259 e. The molecule has 0 aliphatic rings. The highest BCUT2D eigenvalue weighted by Crippen LogP contribution is 2.29. The van der Waals surface area contributed by atoms with Gasteiger partial charge in [0.2, 0.25) is 0 Å². The summed E-state index contributed by atoms with van der Waals surface area (Å²) in [6.45, 7) is -0.124. The maximum absolute atomic E-state index is 12.7. The predicted octanol–water partition coefficient (Wildman–Crippen LogP) is 3.06. The molecule has 9 heteroatoms. The average Bonchev–Trinajstić information content (AvgIpc) is 2.83. The van der Waals surface area contributed by atoms with Gasteiger partial charge in [-0.3, -0.25) is 19.4 Å². The first kappa shape index (κ1) is 23.3. The summed E-state index contributed by atoms with van der Waals surface area (Å²) in [7, 11) is 4.75. The van der Waals surface area contributed by atoms with Crippen molar-refractivity contribution in [1.29, 1.82) is 0 Å². The summed E-state index contributed by atoms with van der Waals surface area (Å²) in [5.74, 6) is -0.0998. The van der Waals surface area contributed by atoms with Crippen molar-refractivity contribution in [2.24, 2.45) is 0 Å². The van der Waals surface area contributed by atoms with Crippen LogP contribution in [0, 0.1) is 0 Å². The van der Waals surface area contributed by atoms with Crippen molar-refractivity contribution in [2.75, 3.05) is 38.4 Å². The zero-order chi connectivity index (χ0) is 23.8. The van der Waals surface area contributed by atoms with Crippen LogP contribution in [0.3, 0.4) is 0 Å². The van der Waals surface area contributed by atoms with E-state index in [9.17, 15) is 14.4 Å². The molecule has 3 rings (SSSR count). The second kappa shape index (κ2) is 10.8. The van der Waals surface area contributed by atoms with Crippen molar-refractivity contribution in [3.8, 4) is 11.5 Å². The average molecular weight is 448 g/mol. The van der Waals surface area contributed by atoms with E-state index in [1.54, 1.807) is 74.9 Å². The van der Waals surface area contributed by atoms with Crippen molar-refractivity contribution in [1.82, 2.24) is 9.88 Å². The molecule has 1 heterocycles. The highest BCUT2D eigenvalue weighted by atomic mass is 16.5. The van der Waals surface area contributed by atoms with E-state index in [0.29, 0.717) is 34.0 Å². The monoisotopic (exact) mass is 448 g/mol. The minimum absolute atomic E-state index is 0.124. The fourth-order valence-electron chi connectivity index (χ4n) is 2.77. The van der Waals surface area contributed by atoms with E-state index >= 15 is 0 Å². The predicted molar refractivity (Wildman–Crippen MR) is 124 cm³/mol. The number of carbonyl (C=O) groups is 3. The van der Waals surface area contributed by atoms with Crippen LogP contribution in [0.1, 0.15) is 20.7 Å². The summed E-state index contributed by atoms with van der Waals surface area (Å²) in [5.41, 5.74) is 1.69. The number of anilines is 2. The molecule has 0 aliphatic heterocycles. The summed E-state index contributed by atoms with van der Waals surface area (Å²) < 4.78 is 10.8. The normalized spacial score (nSPS) is 10.2. The molecular formula is C24H24N4O5. The summed E-state index contributed by atoms with van der Waals surface area (Å²) in [6, 6.07) is 14.7. The quantitative estimate of drug-likeness (QED) is 0.548. The highest BCUT2D eigenvalue weighted by Gasteiger charge is 2.13.